The van der Waals surface area contributed by atoms with Crippen molar-refractivity contribution in [1.29, 1.82) is 0 Å². The Balaban J connectivity index is 1.47. The third-order valence-corrected chi connectivity index (χ3v) is 9.62. The molecule has 0 spiro atoms. The molecule has 41 heavy (non-hydrogen) atoms. The number of nitrogens with zero attached hydrogens (tertiary/aromatic N) is 2. The lowest BCUT2D eigenvalue weighted by atomic mass is 9.75. The largest absolute Gasteiger partial charge is 0.428 e. The fourth-order valence-electron chi connectivity index (χ4n) is 5.60. The fourth-order valence-corrected chi connectivity index (χ4v) is 7.22. The van der Waals surface area contributed by atoms with Gasteiger partial charge in [0.1, 0.15) is 10.6 Å². The van der Waals surface area contributed by atoms with E-state index in [0.29, 0.717) is 22.2 Å². The fraction of sp³-hybridized carbons (Fsp3) is 0.419. The molecule has 0 unspecified atom stereocenters. The number of carbonyl (C=O) groups excluding carboxylic acids is 3. The molecule has 1 amide bonds. The molecule has 216 valence electrons. The van der Waals surface area contributed by atoms with Gasteiger partial charge in [0.05, 0.1) is 5.51 Å². The number of ether oxygens (including phenoxy) is 2. The number of thiazole rings is 1. The minimum Gasteiger partial charge on any atom is -0.428 e. The van der Waals surface area contributed by atoms with Crippen molar-refractivity contribution in [3.63, 3.8) is 0 Å². The summed E-state index contributed by atoms with van der Waals surface area (Å²) in [6, 6.07) is 9.67. The molecule has 2 aliphatic rings. The highest BCUT2D eigenvalue weighted by Gasteiger charge is 2.30. The molecule has 5 rings (SSSR count). The molecule has 3 heterocycles. The number of likely N-dealkylation sites (N-methyl/N-ethyl adjacent to an activating group) is 1. The van der Waals surface area contributed by atoms with E-state index in [1.165, 1.54) is 66.4 Å². The van der Waals surface area contributed by atoms with Crippen molar-refractivity contribution in [3.8, 4) is 10.4 Å². The zero-order valence-corrected chi connectivity index (χ0v) is 25.2. The first kappa shape index (κ1) is 29.2. The molecule has 1 fully saturated rings. The first-order valence-corrected chi connectivity index (χ1v) is 15.7. The summed E-state index contributed by atoms with van der Waals surface area (Å²) < 4.78 is 10.3. The topological polar surface area (TPSA) is 97.8 Å². The van der Waals surface area contributed by atoms with E-state index in [9.17, 15) is 14.4 Å². The van der Waals surface area contributed by atoms with E-state index in [2.05, 4.69) is 35.2 Å². The van der Waals surface area contributed by atoms with E-state index in [-0.39, 0.29) is 5.91 Å². The van der Waals surface area contributed by atoms with E-state index in [4.69, 9.17) is 9.47 Å². The maximum Gasteiger partial charge on any atom is 0.351 e. The van der Waals surface area contributed by atoms with Crippen LogP contribution in [0.25, 0.3) is 16.0 Å². The number of nitrogens with one attached hydrogen (secondary N) is 1. The predicted octanol–water partition coefficient (Wildman–Crippen LogP) is 6.72. The zero-order valence-electron chi connectivity index (χ0n) is 23.6. The smallest absolute Gasteiger partial charge is 0.351 e. The van der Waals surface area contributed by atoms with Gasteiger partial charge in [0, 0.05) is 41.5 Å². The molecule has 0 atom stereocenters. The SMILES string of the molecule is CC(=O)OCOC(=O)c1sc(-c2ccc(NC(=O)c3cscn3)cc2)cc1C1=C(C2CCC(C)CC2)CN(C)CC1. The van der Waals surface area contributed by atoms with Crippen LogP contribution in [-0.4, -0.2) is 54.7 Å². The van der Waals surface area contributed by atoms with Crippen molar-refractivity contribution >= 4 is 51.8 Å². The summed E-state index contributed by atoms with van der Waals surface area (Å²) in [6.07, 6.45) is 5.65. The monoisotopic (exact) mass is 593 g/mol. The zero-order chi connectivity index (χ0) is 28.9. The van der Waals surface area contributed by atoms with Gasteiger partial charge in [0.25, 0.3) is 5.91 Å². The Kier molecular flexibility index (Phi) is 9.32. The Morgan fingerprint density at radius 2 is 1.85 bits per heavy atom. The Morgan fingerprint density at radius 3 is 2.54 bits per heavy atom. The molecule has 0 saturated heterocycles. The molecule has 0 radical (unpaired) electrons. The third-order valence-electron chi connectivity index (χ3n) is 7.87. The van der Waals surface area contributed by atoms with Gasteiger partial charge >= 0.3 is 11.9 Å². The molecule has 3 aromatic rings. The summed E-state index contributed by atoms with van der Waals surface area (Å²) in [4.78, 5) is 44.8. The summed E-state index contributed by atoms with van der Waals surface area (Å²) in [6.45, 7) is 5.02. The lowest BCUT2D eigenvalue weighted by Crippen LogP contribution is -2.31. The molecule has 0 bridgehead atoms. The second-order valence-corrected chi connectivity index (χ2v) is 12.7. The van der Waals surface area contributed by atoms with Gasteiger partial charge in [-0.2, -0.15) is 0 Å². The standard InChI is InChI=1S/C31H35N3O5S2/c1-19-4-6-21(7-5-19)26-15-34(3)13-12-24(26)25-14-28(41-29(25)31(37)39-18-38-20(2)35)22-8-10-23(11-9-22)33-30(36)27-16-40-17-32-27/h8-11,14,16-17,19,21H,4-7,12-13,15,18H2,1-3H3,(H,33,36). The van der Waals surface area contributed by atoms with Crippen molar-refractivity contribution in [3.05, 3.63) is 62.9 Å². The average molecular weight is 594 g/mol. The van der Waals surface area contributed by atoms with Gasteiger partial charge < -0.3 is 19.7 Å². The van der Waals surface area contributed by atoms with Crippen molar-refractivity contribution in [2.75, 3.05) is 32.2 Å². The second-order valence-electron chi connectivity index (χ2n) is 10.9. The van der Waals surface area contributed by atoms with Gasteiger partial charge in [-0.15, -0.1) is 22.7 Å². The molecular formula is C31H35N3O5S2. The molecular weight excluding hydrogens is 558 g/mol. The van der Waals surface area contributed by atoms with Crippen molar-refractivity contribution in [2.45, 2.75) is 46.0 Å². The van der Waals surface area contributed by atoms with Gasteiger partial charge in [0.15, 0.2) is 0 Å². The van der Waals surface area contributed by atoms with Crippen LogP contribution >= 0.6 is 22.7 Å². The van der Waals surface area contributed by atoms with Gasteiger partial charge in [-0.3, -0.25) is 9.59 Å². The summed E-state index contributed by atoms with van der Waals surface area (Å²) in [5, 5.41) is 4.58. The molecule has 1 aliphatic heterocycles. The van der Waals surface area contributed by atoms with Crippen LogP contribution in [0.4, 0.5) is 5.69 Å². The Morgan fingerprint density at radius 1 is 1.10 bits per heavy atom. The predicted molar refractivity (Wildman–Crippen MR) is 162 cm³/mol. The number of aromatic nitrogens is 1. The number of hydrogen-bond donors (Lipinski definition) is 1. The Hall–Kier alpha value is -3.34. The molecule has 1 N–H and O–H groups in total. The van der Waals surface area contributed by atoms with Crippen LogP contribution in [0, 0.1) is 11.8 Å². The van der Waals surface area contributed by atoms with Crippen LogP contribution in [0.15, 0.2) is 46.8 Å². The van der Waals surface area contributed by atoms with Gasteiger partial charge in [-0.1, -0.05) is 31.9 Å². The molecule has 1 aromatic carbocycles. The normalized spacial score (nSPS) is 19.6. The minimum absolute atomic E-state index is 0.255. The van der Waals surface area contributed by atoms with Crippen LogP contribution < -0.4 is 5.32 Å². The second kappa shape index (κ2) is 13.1. The number of amides is 1. The average Bonchev–Trinajstić information content (AvgIpc) is 3.65. The van der Waals surface area contributed by atoms with E-state index in [0.717, 1.165) is 41.4 Å². The minimum atomic E-state index is -0.501. The van der Waals surface area contributed by atoms with E-state index in [1.807, 2.05) is 24.3 Å². The maximum atomic E-state index is 13.3. The van der Waals surface area contributed by atoms with Gasteiger partial charge in [-0.05, 0) is 73.1 Å². The van der Waals surface area contributed by atoms with Crippen LogP contribution in [0.1, 0.15) is 71.7 Å². The number of thiophene rings is 1. The van der Waals surface area contributed by atoms with Crippen LogP contribution in [-0.2, 0) is 14.3 Å². The first-order chi connectivity index (χ1) is 19.8. The van der Waals surface area contributed by atoms with Gasteiger partial charge in [-0.25, -0.2) is 9.78 Å². The molecule has 1 aliphatic carbocycles. The molecule has 8 nitrogen and oxygen atoms in total. The molecule has 10 heteroatoms. The summed E-state index contributed by atoms with van der Waals surface area (Å²) in [7, 11) is 2.16. The number of hydrogen-bond acceptors (Lipinski definition) is 9. The van der Waals surface area contributed by atoms with Crippen LogP contribution in [0.3, 0.4) is 0 Å². The number of rotatable bonds is 8. The Labute approximate surface area is 248 Å². The summed E-state index contributed by atoms with van der Waals surface area (Å²) in [5.41, 5.74) is 7.20. The van der Waals surface area contributed by atoms with E-state index >= 15 is 0 Å². The van der Waals surface area contributed by atoms with Crippen LogP contribution in [0.2, 0.25) is 0 Å². The van der Waals surface area contributed by atoms with E-state index < -0.39 is 18.7 Å². The number of carbonyl (C=O) groups is 3. The van der Waals surface area contributed by atoms with Crippen molar-refractivity contribution < 1.29 is 23.9 Å². The molecule has 1 saturated carbocycles. The van der Waals surface area contributed by atoms with E-state index in [1.54, 1.807) is 10.9 Å². The summed E-state index contributed by atoms with van der Waals surface area (Å²) >= 11 is 2.75. The van der Waals surface area contributed by atoms with Crippen LogP contribution in [0.5, 0.6) is 0 Å². The van der Waals surface area contributed by atoms with Crippen molar-refractivity contribution in [1.82, 2.24) is 9.88 Å². The first-order valence-electron chi connectivity index (χ1n) is 13.9. The quantitative estimate of drug-likeness (QED) is 0.229. The number of anilines is 1. The van der Waals surface area contributed by atoms with Gasteiger partial charge in [0.2, 0.25) is 6.79 Å². The lowest BCUT2D eigenvalue weighted by molar-refractivity contribution is -0.149. The highest BCUT2D eigenvalue weighted by Crippen LogP contribution is 2.43. The number of benzene rings is 1. The molecule has 2 aromatic heterocycles. The third kappa shape index (κ3) is 7.12. The maximum absolute atomic E-state index is 13.3. The highest BCUT2D eigenvalue weighted by atomic mass is 32.1. The lowest BCUT2D eigenvalue weighted by Gasteiger charge is -2.35. The van der Waals surface area contributed by atoms with Crippen molar-refractivity contribution in [2.24, 2.45) is 11.8 Å². The Bertz CT molecular complexity index is 1420. The highest BCUT2D eigenvalue weighted by molar-refractivity contribution is 7.17. The number of esters is 2. The summed E-state index contributed by atoms with van der Waals surface area (Å²) in [5.74, 6) is 0.0173.